The Morgan fingerprint density at radius 2 is 1.88 bits per heavy atom. The Morgan fingerprint density at radius 1 is 1.19 bits per heavy atom. The lowest BCUT2D eigenvalue weighted by molar-refractivity contribution is -0.0726. The van der Waals surface area contributed by atoms with E-state index in [1.807, 2.05) is 13.8 Å². The minimum absolute atomic E-state index is 0.476. The van der Waals surface area contributed by atoms with Gasteiger partial charge in [0.25, 0.3) is 0 Å². The molecule has 1 saturated carbocycles. The molecule has 0 N–H and O–H groups in total. The van der Waals surface area contributed by atoms with Crippen LogP contribution in [0.1, 0.15) is 39.5 Å². The third-order valence-corrected chi connectivity index (χ3v) is 3.81. The first-order valence-electron chi connectivity index (χ1n) is 6.58. The van der Waals surface area contributed by atoms with Gasteiger partial charge in [-0.3, -0.25) is 0 Å². The fourth-order valence-corrected chi connectivity index (χ4v) is 2.85. The van der Waals surface area contributed by atoms with Crippen molar-refractivity contribution in [3.05, 3.63) is 24.0 Å². The van der Waals surface area contributed by atoms with E-state index in [2.05, 4.69) is 30.2 Å². The third-order valence-electron chi connectivity index (χ3n) is 3.81. The average molecular weight is 221 g/mol. The highest BCUT2D eigenvalue weighted by atomic mass is 16.5. The summed E-state index contributed by atoms with van der Waals surface area (Å²) in [6.45, 7) is 4.00. The summed E-state index contributed by atoms with van der Waals surface area (Å²) in [5.74, 6) is 1.10. The van der Waals surface area contributed by atoms with Crippen LogP contribution >= 0.6 is 0 Å². The molecule has 2 aliphatic heterocycles. The first kappa shape index (κ1) is 11.7. The molecule has 16 heavy (non-hydrogen) atoms. The molecule has 2 aliphatic carbocycles. The van der Waals surface area contributed by atoms with Gasteiger partial charge in [-0.1, -0.05) is 19.9 Å². The number of hydrogen-bond donors (Lipinski definition) is 0. The predicted molar refractivity (Wildman–Crippen MR) is 67.3 cm³/mol. The molecule has 2 heterocycles. The van der Waals surface area contributed by atoms with Gasteiger partial charge in [0.1, 0.15) is 11.9 Å². The van der Waals surface area contributed by atoms with E-state index in [0.29, 0.717) is 6.10 Å². The van der Waals surface area contributed by atoms with Crippen molar-refractivity contribution in [1.82, 2.24) is 4.90 Å². The summed E-state index contributed by atoms with van der Waals surface area (Å²) in [7, 11) is 2.24. The molecule has 0 aromatic heterocycles. The van der Waals surface area contributed by atoms with E-state index in [4.69, 9.17) is 4.74 Å². The van der Waals surface area contributed by atoms with Crippen LogP contribution in [0.25, 0.3) is 0 Å². The number of rotatable bonds is 2. The van der Waals surface area contributed by atoms with Crippen molar-refractivity contribution >= 4 is 0 Å². The maximum atomic E-state index is 5.95. The van der Waals surface area contributed by atoms with Crippen molar-refractivity contribution in [3.8, 4) is 0 Å². The fraction of sp³-hybridized carbons (Fsp3) is 0.714. The summed E-state index contributed by atoms with van der Waals surface area (Å²) < 4.78 is 5.95. The lowest BCUT2D eigenvalue weighted by atomic mass is 9.78. The Hall–Kier alpha value is -0.760. The Kier molecular flexibility index (Phi) is 3.70. The van der Waals surface area contributed by atoms with Gasteiger partial charge in [-0.05, 0) is 44.9 Å². The second-order valence-corrected chi connectivity index (χ2v) is 4.66. The summed E-state index contributed by atoms with van der Waals surface area (Å²) in [5, 5.41) is 0. The standard InChI is InChI=1S/C12H17NO.C2H6/c1-13-9-6-10(13)8-12(7-9)14-11-4-2-3-5-11;1-2/h2,4-5,9-10,12H,3,6-8H2,1H3;1-2H3. The molecule has 0 amide bonds. The topological polar surface area (TPSA) is 12.5 Å². The van der Waals surface area contributed by atoms with Crippen LogP contribution in [0.4, 0.5) is 0 Å². The van der Waals surface area contributed by atoms with E-state index in [9.17, 15) is 0 Å². The van der Waals surface area contributed by atoms with Gasteiger partial charge in [0, 0.05) is 12.1 Å². The lowest BCUT2D eigenvalue weighted by Crippen LogP contribution is -2.60. The zero-order valence-electron chi connectivity index (χ0n) is 10.6. The zero-order valence-corrected chi connectivity index (χ0v) is 10.6. The Bertz CT molecular complexity index is 283. The number of fused-ring (bicyclic) bond motifs is 2. The Balaban J connectivity index is 0.000000457. The molecule has 2 unspecified atom stereocenters. The van der Waals surface area contributed by atoms with Gasteiger partial charge >= 0.3 is 0 Å². The number of ether oxygens (including phenoxy) is 1. The van der Waals surface area contributed by atoms with Gasteiger partial charge in [-0.25, -0.2) is 0 Å². The smallest absolute Gasteiger partial charge is 0.115 e. The first-order valence-corrected chi connectivity index (χ1v) is 6.58. The summed E-state index contributed by atoms with van der Waals surface area (Å²) in [5.41, 5.74) is 0. The van der Waals surface area contributed by atoms with Crippen LogP contribution in [0.2, 0.25) is 0 Å². The summed E-state index contributed by atoms with van der Waals surface area (Å²) in [4.78, 5) is 2.50. The van der Waals surface area contributed by atoms with Crippen LogP contribution in [0.5, 0.6) is 0 Å². The molecule has 0 aromatic carbocycles. The van der Waals surface area contributed by atoms with E-state index in [-0.39, 0.29) is 0 Å². The highest BCUT2D eigenvalue weighted by Gasteiger charge is 2.43. The molecule has 4 aliphatic rings. The van der Waals surface area contributed by atoms with Crippen molar-refractivity contribution < 1.29 is 4.74 Å². The van der Waals surface area contributed by atoms with Crippen LogP contribution in [0.3, 0.4) is 0 Å². The van der Waals surface area contributed by atoms with Crippen molar-refractivity contribution in [2.45, 2.75) is 57.7 Å². The third kappa shape index (κ3) is 2.17. The maximum Gasteiger partial charge on any atom is 0.115 e. The van der Waals surface area contributed by atoms with Crippen LogP contribution in [-0.4, -0.2) is 30.1 Å². The minimum Gasteiger partial charge on any atom is -0.491 e. The highest BCUT2D eigenvalue weighted by Crippen LogP contribution is 2.38. The van der Waals surface area contributed by atoms with Crippen LogP contribution < -0.4 is 0 Å². The molecule has 0 spiro atoms. The van der Waals surface area contributed by atoms with E-state index >= 15 is 0 Å². The molecule has 3 fully saturated rings. The van der Waals surface area contributed by atoms with Gasteiger partial charge < -0.3 is 9.64 Å². The van der Waals surface area contributed by atoms with Gasteiger partial charge in [-0.15, -0.1) is 0 Å². The molecule has 2 saturated heterocycles. The van der Waals surface area contributed by atoms with Crippen LogP contribution in [0, 0.1) is 0 Å². The SMILES string of the molecule is CC.CN1C2CC(OC3=CCC=C3)CC1C2. The quantitative estimate of drug-likeness (QED) is 0.710. The molecular weight excluding hydrogens is 198 g/mol. The van der Waals surface area contributed by atoms with E-state index in [0.717, 1.165) is 24.3 Å². The number of allylic oxidation sites excluding steroid dienone is 3. The van der Waals surface area contributed by atoms with Crippen LogP contribution in [-0.2, 0) is 4.74 Å². The monoisotopic (exact) mass is 221 g/mol. The van der Waals surface area contributed by atoms with Crippen molar-refractivity contribution in [2.75, 3.05) is 7.05 Å². The van der Waals surface area contributed by atoms with E-state index < -0.39 is 0 Å². The van der Waals surface area contributed by atoms with Gasteiger partial charge in [-0.2, -0.15) is 0 Å². The second kappa shape index (κ2) is 5.05. The summed E-state index contributed by atoms with van der Waals surface area (Å²) in [6, 6.07) is 1.59. The molecule has 2 atom stereocenters. The number of nitrogens with zero attached hydrogens (tertiary/aromatic N) is 1. The average Bonchev–Trinajstić information content (AvgIpc) is 2.84. The van der Waals surface area contributed by atoms with Gasteiger partial charge in [0.05, 0.1) is 0 Å². The van der Waals surface area contributed by atoms with Crippen molar-refractivity contribution in [3.63, 3.8) is 0 Å². The fourth-order valence-electron chi connectivity index (χ4n) is 2.85. The summed E-state index contributed by atoms with van der Waals surface area (Å²) in [6.07, 6.45) is 11.8. The highest BCUT2D eigenvalue weighted by molar-refractivity contribution is 5.21. The lowest BCUT2D eigenvalue weighted by Gasteiger charge is -2.53. The number of hydrogen-bond acceptors (Lipinski definition) is 2. The Morgan fingerprint density at radius 3 is 2.38 bits per heavy atom. The molecule has 0 aromatic rings. The molecular formula is C14H23NO. The van der Waals surface area contributed by atoms with Crippen LogP contribution in [0.15, 0.2) is 24.0 Å². The minimum atomic E-state index is 0.476. The zero-order chi connectivity index (χ0) is 11.5. The predicted octanol–water partition coefficient (Wildman–Crippen LogP) is 3.11. The second-order valence-electron chi connectivity index (χ2n) is 4.66. The molecule has 2 heteroatoms. The number of piperidine rings is 1. The maximum absolute atomic E-state index is 5.95. The van der Waals surface area contributed by atoms with E-state index in [1.54, 1.807) is 0 Å². The Labute approximate surface area is 99.0 Å². The largest absolute Gasteiger partial charge is 0.491 e. The molecule has 4 rings (SSSR count). The van der Waals surface area contributed by atoms with Gasteiger partial charge in [0.2, 0.25) is 0 Å². The van der Waals surface area contributed by atoms with Gasteiger partial charge in [0.15, 0.2) is 0 Å². The normalized spacial score (nSPS) is 35.9. The van der Waals surface area contributed by atoms with Crippen molar-refractivity contribution in [1.29, 1.82) is 0 Å². The molecule has 0 radical (unpaired) electrons. The molecule has 90 valence electrons. The molecule has 2 bridgehead atoms. The molecule has 2 nitrogen and oxygen atoms in total. The first-order chi connectivity index (χ1) is 7.83. The van der Waals surface area contributed by atoms with Crippen molar-refractivity contribution in [2.24, 2.45) is 0 Å². The van der Waals surface area contributed by atoms with E-state index in [1.165, 1.54) is 19.3 Å². The summed E-state index contributed by atoms with van der Waals surface area (Å²) >= 11 is 0.